The van der Waals surface area contributed by atoms with Crippen molar-refractivity contribution in [3.63, 3.8) is 0 Å². The Morgan fingerprint density at radius 2 is 1.82 bits per heavy atom. The smallest absolute Gasteiger partial charge is 0.233 e. The first kappa shape index (κ1) is 21.1. The number of rotatable bonds is 6. The second-order valence-electron chi connectivity index (χ2n) is 7.73. The molecule has 1 aliphatic rings. The van der Waals surface area contributed by atoms with Crippen molar-refractivity contribution < 1.29 is 4.79 Å². The number of piperidine rings is 1. The molecule has 0 bridgehead atoms. The molecule has 1 aliphatic heterocycles. The van der Waals surface area contributed by atoms with E-state index in [4.69, 9.17) is 11.6 Å². The molecule has 0 spiro atoms. The van der Waals surface area contributed by atoms with Crippen LogP contribution in [0.25, 0.3) is 0 Å². The molecule has 0 aromatic heterocycles. The van der Waals surface area contributed by atoms with Crippen LogP contribution in [-0.4, -0.2) is 24.2 Å². The van der Waals surface area contributed by atoms with E-state index in [1.807, 2.05) is 38.1 Å². The van der Waals surface area contributed by atoms with E-state index in [1.165, 1.54) is 18.5 Å². The summed E-state index contributed by atoms with van der Waals surface area (Å²) in [5.74, 6) is 0.799. The summed E-state index contributed by atoms with van der Waals surface area (Å²) in [5.41, 5.74) is 2.41. The fourth-order valence-corrected chi connectivity index (χ4v) is 4.59. The Morgan fingerprint density at radius 1 is 1.14 bits per heavy atom. The van der Waals surface area contributed by atoms with Crippen molar-refractivity contribution >= 4 is 35.0 Å². The van der Waals surface area contributed by atoms with Gasteiger partial charge in [-0.25, -0.2) is 0 Å². The number of hydrogen-bond acceptors (Lipinski definition) is 3. The van der Waals surface area contributed by atoms with Crippen molar-refractivity contribution in [2.45, 2.75) is 49.8 Å². The zero-order valence-corrected chi connectivity index (χ0v) is 18.4. The van der Waals surface area contributed by atoms with Gasteiger partial charge in [-0.3, -0.25) is 4.79 Å². The molecule has 1 N–H and O–H groups in total. The average molecular weight is 417 g/mol. The maximum atomic E-state index is 12.6. The quantitative estimate of drug-likeness (QED) is 0.592. The van der Waals surface area contributed by atoms with Gasteiger partial charge in [0.2, 0.25) is 5.91 Å². The summed E-state index contributed by atoms with van der Waals surface area (Å²) < 4.78 is 0. The summed E-state index contributed by atoms with van der Waals surface area (Å²) in [4.78, 5) is 16.1. The summed E-state index contributed by atoms with van der Waals surface area (Å²) in [6, 6.07) is 16.2. The first-order valence-electron chi connectivity index (χ1n) is 10.00. The van der Waals surface area contributed by atoms with Crippen LogP contribution in [-0.2, 0) is 4.79 Å². The number of carbonyl (C=O) groups is 1. The van der Waals surface area contributed by atoms with Gasteiger partial charge in [0.05, 0.1) is 11.3 Å². The highest BCUT2D eigenvalue weighted by Crippen LogP contribution is 2.27. The molecule has 0 radical (unpaired) electrons. The van der Waals surface area contributed by atoms with Crippen LogP contribution in [0.4, 0.5) is 5.69 Å². The molecular weight excluding hydrogens is 388 g/mol. The molecule has 1 fully saturated rings. The van der Waals surface area contributed by atoms with E-state index in [1.54, 1.807) is 11.8 Å². The van der Waals surface area contributed by atoms with Crippen LogP contribution in [0.15, 0.2) is 53.4 Å². The molecule has 28 heavy (non-hydrogen) atoms. The molecule has 5 heteroatoms. The number of benzene rings is 2. The van der Waals surface area contributed by atoms with E-state index < -0.39 is 0 Å². The molecule has 1 saturated heterocycles. The standard InChI is InChI=1S/C23H29ClN2OS/c1-16-5-4-14-26(15-16)21-10-6-19(7-11-21)17(2)25-23(27)18(3)28-22-12-8-20(24)9-13-22/h6-13,16-18H,4-5,14-15H2,1-3H3,(H,25,27)/t16-,17+,18+/m1/s1. The molecule has 0 aliphatic carbocycles. The summed E-state index contributed by atoms with van der Waals surface area (Å²) in [7, 11) is 0. The van der Waals surface area contributed by atoms with Crippen LogP contribution in [0.3, 0.4) is 0 Å². The van der Waals surface area contributed by atoms with E-state index in [0.29, 0.717) is 5.02 Å². The summed E-state index contributed by atoms with van der Waals surface area (Å²) >= 11 is 7.47. The minimum absolute atomic E-state index is 0.0184. The highest BCUT2D eigenvalue weighted by atomic mass is 35.5. The first-order chi connectivity index (χ1) is 13.4. The molecule has 3 atom stereocenters. The van der Waals surface area contributed by atoms with Crippen molar-refractivity contribution in [1.29, 1.82) is 0 Å². The first-order valence-corrected chi connectivity index (χ1v) is 11.3. The van der Waals surface area contributed by atoms with Gasteiger partial charge in [0, 0.05) is 28.7 Å². The van der Waals surface area contributed by atoms with Gasteiger partial charge in [0.1, 0.15) is 0 Å². The fraction of sp³-hybridized carbons (Fsp3) is 0.435. The fourth-order valence-electron chi connectivity index (χ4n) is 3.58. The monoisotopic (exact) mass is 416 g/mol. The number of nitrogens with one attached hydrogen (secondary N) is 1. The Balaban J connectivity index is 1.55. The van der Waals surface area contributed by atoms with Crippen LogP contribution < -0.4 is 10.2 Å². The Morgan fingerprint density at radius 3 is 2.46 bits per heavy atom. The second-order valence-corrected chi connectivity index (χ2v) is 9.58. The molecule has 0 saturated carbocycles. The topological polar surface area (TPSA) is 32.3 Å². The third-order valence-corrected chi connectivity index (χ3v) is 6.63. The van der Waals surface area contributed by atoms with Crippen molar-refractivity contribution in [3.8, 4) is 0 Å². The van der Waals surface area contributed by atoms with Gasteiger partial charge in [-0.1, -0.05) is 30.7 Å². The maximum absolute atomic E-state index is 12.6. The normalized spacial score (nSPS) is 19.1. The predicted octanol–water partition coefficient (Wildman–Crippen LogP) is 5.93. The van der Waals surface area contributed by atoms with E-state index in [-0.39, 0.29) is 17.2 Å². The number of halogens is 1. The van der Waals surface area contributed by atoms with Crippen molar-refractivity contribution in [2.24, 2.45) is 5.92 Å². The zero-order valence-electron chi connectivity index (χ0n) is 16.8. The minimum atomic E-state index is -0.169. The number of anilines is 1. The summed E-state index contributed by atoms with van der Waals surface area (Å²) in [6.07, 6.45) is 2.59. The van der Waals surface area contributed by atoms with Gasteiger partial charge in [-0.15, -0.1) is 11.8 Å². The highest BCUT2D eigenvalue weighted by Gasteiger charge is 2.19. The van der Waals surface area contributed by atoms with Crippen molar-refractivity contribution in [1.82, 2.24) is 5.32 Å². The molecule has 3 rings (SSSR count). The lowest BCUT2D eigenvalue weighted by atomic mass is 9.99. The summed E-state index contributed by atoms with van der Waals surface area (Å²) in [6.45, 7) is 8.55. The lowest BCUT2D eigenvalue weighted by molar-refractivity contribution is -0.120. The molecule has 3 nitrogen and oxygen atoms in total. The third kappa shape index (κ3) is 5.68. The molecule has 2 aromatic rings. The average Bonchev–Trinajstić information content (AvgIpc) is 2.69. The van der Waals surface area contributed by atoms with Crippen LogP contribution in [0, 0.1) is 5.92 Å². The number of thioether (sulfide) groups is 1. The Labute approximate surface area is 177 Å². The summed E-state index contributed by atoms with van der Waals surface area (Å²) in [5, 5.41) is 3.67. The maximum Gasteiger partial charge on any atom is 0.233 e. The van der Waals surface area contributed by atoms with Gasteiger partial charge in [-0.05, 0) is 74.6 Å². The Kier molecular flexibility index (Phi) is 7.30. The molecule has 150 valence electrons. The highest BCUT2D eigenvalue weighted by molar-refractivity contribution is 8.00. The number of carbonyl (C=O) groups excluding carboxylic acids is 1. The Hall–Kier alpha value is -1.65. The van der Waals surface area contributed by atoms with E-state index in [9.17, 15) is 4.79 Å². The Bertz CT molecular complexity index is 778. The van der Waals surface area contributed by atoms with Crippen LogP contribution >= 0.6 is 23.4 Å². The number of nitrogens with zero attached hydrogens (tertiary/aromatic N) is 1. The third-order valence-electron chi connectivity index (χ3n) is 5.27. The van der Waals surface area contributed by atoms with Gasteiger partial charge >= 0.3 is 0 Å². The largest absolute Gasteiger partial charge is 0.371 e. The van der Waals surface area contributed by atoms with Crippen molar-refractivity contribution in [2.75, 3.05) is 18.0 Å². The SMILES string of the molecule is C[C@@H]1CCCN(c2ccc([C@H](C)NC(=O)[C@H](C)Sc3ccc(Cl)cc3)cc2)C1. The van der Waals surface area contributed by atoms with Gasteiger partial charge in [-0.2, -0.15) is 0 Å². The van der Waals surface area contributed by atoms with Crippen molar-refractivity contribution in [3.05, 3.63) is 59.1 Å². The van der Waals surface area contributed by atoms with E-state index >= 15 is 0 Å². The number of amides is 1. The minimum Gasteiger partial charge on any atom is -0.371 e. The zero-order chi connectivity index (χ0) is 20.1. The van der Waals surface area contributed by atoms with E-state index in [0.717, 1.165) is 29.5 Å². The van der Waals surface area contributed by atoms with Gasteiger partial charge in [0.15, 0.2) is 0 Å². The second kappa shape index (κ2) is 9.71. The van der Waals surface area contributed by atoms with Gasteiger partial charge in [0.25, 0.3) is 0 Å². The molecule has 1 amide bonds. The predicted molar refractivity (Wildman–Crippen MR) is 120 cm³/mol. The van der Waals surface area contributed by atoms with Crippen LogP contribution in [0.1, 0.15) is 45.2 Å². The van der Waals surface area contributed by atoms with E-state index in [2.05, 4.69) is 41.4 Å². The molecular formula is C23H29ClN2OS. The lowest BCUT2D eigenvalue weighted by Crippen LogP contribution is -2.34. The van der Waals surface area contributed by atoms with Crippen LogP contribution in [0.5, 0.6) is 0 Å². The molecule has 0 unspecified atom stereocenters. The number of hydrogen-bond donors (Lipinski definition) is 1. The van der Waals surface area contributed by atoms with Crippen LogP contribution in [0.2, 0.25) is 5.02 Å². The lowest BCUT2D eigenvalue weighted by Gasteiger charge is -2.33. The molecule has 2 aromatic carbocycles. The molecule has 1 heterocycles. The van der Waals surface area contributed by atoms with Gasteiger partial charge < -0.3 is 10.2 Å².